The van der Waals surface area contributed by atoms with Crippen molar-refractivity contribution in [2.24, 2.45) is 5.41 Å². The number of thioether (sulfide) groups is 1. The van der Waals surface area contributed by atoms with Crippen molar-refractivity contribution in [3.63, 3.8) is 0 Å². The maximum absolute atomic E-state index is 12.6. The molecule has 2 amide bonds. The van der Waals surface area contributed by atoms with Crippen molar-refractivity contribution >= 4 is 40.6 Å². The van der Waals surface area contributed by atoms with Gasteiger partial charge in [0, 0.05) is 37.1 Å². The van der Waals surface area contributed by atoms with Crippen molar-refractivity contribution in [1.82, 2.24) is 10.6 Å². The van der Waals surface area contributed by atoms with E-state index in [1.54, 1.807) is 13.8 Å². The average Bonchev–Trinajstić information content (AvgIpc) is 3.11. The largest absolute Gasteiger partial charge is 0.469 e. The molecule has 1 unspecified atom stereocenters. The molecule has 12 heteroatoms. The van der Waals surface area contributed by atoms with Crippen LogP contribution >= 0.6 is 11.8 Å². The molecule has 2 atom stereocenters. The van der Waals surface area contributed by atoms with Gasteiger partial charge in [0.25, 0.3) is 0 Å². The van der Waals surface area contributed by atoms with Gasteiger partial charge in [0.05, 0.1) is 33.0 Å². The van der Waals surface area contributed by atoms with Gasteiger partial charge in [-0.3, -0.25) is 24.0 Å². The van der Waals surface area contributed by atoms with Crippen molar-refractivity contribution in [3.8, 4) is 0 Å². The molecule has 0 aromatic carbocycles. The molecular weight excluding hydrogens is 444 g/mol. The second-order valence-corrected chi connectivity index (χ2v) is 9.27. The number of carbonyl (C=O) groups is 5. The van der Waals surface area contributed by atoms with Crippen LogP contribution < -0.4 is 10.6 Å². The summed E-state index contributed by atoms with van der Waals surface area (Å²) in [6, 6.07) is 0. The van der Waals surface area contributed by atoms with Crippen LogP contribution in [0.3, 0.4) is 0 Å². The molecule has 1 spiro atoms. The second kappa shape index (κ2) is 11.6. The minimum atomic E-state index is -1.52. The van der Waals surface area contributed by atoms with Crippen molar-refractivity contribution in [3.05, 3.63) is 0 Å². The lowest BCUT2D eigenvalue weighted by Gasteiger charge is -2.44. The number of nitrogens with one attached hydrogen (secondary N) is 2. The Balaban J connectivity index is 1.65. The maximum Gasteiger partial charge on any atom is 0.330 e. The SMILES string of the molecule is COC(=O)CCC(=O)SCCNC(=O)CCNC(=O)[C@@H]1OC2(CCC(=O)O2)OCC1(C)C. The maximum atomic E-state index is 12.6. The first kappa shape index (κ1) is 26.1. The molecule has 0 aromatic rings. The van der Waals surface area contributed by atoms with E-state index in [-0.39, 0.29) is 62.8 Å². The summed E-state index contributed by atoms with van der Waals surface area (Å²) in [6.45, 7) is 4.16. The van der Waals surface area contributed by atoms with Gasteiger partial charge >= 0.3 is 17.9 Å². The molecule has 0 aromatic heterocycles. The smallest absolute Gasteiger partial charge is 0.330 e. The Labute approximate surface area is 190 Å². The van der Waals surface area contributed by atoms with E-state index in [1.807, 2.05) is 0 Å². The molecule has 11 nitrogen and oxygen atoms in total. The molecule has 0 radical (unpaired) electrons. The fourth-order valence-electron chi connectivity index (χ4n) is 3.08. The van der Waals surface area contributed by atoms with Gasteiger partial charge in [-0.25, -0.2) is 0 Å². The molecule has 0 aliphatic carbocycles. The summed E-state index contributed by atoms with van der Waals surface area (Å²) >= 11 is 1.03. The highest BCUT2D eigenvalue weighted by molar-refractivity contribution is 8.13. The Morgan fingerprint density at radius 2 is 1.88 bits per heavy atom. The van der Waals surface area contributed by atoms with E-state index in [0.717, 1.165) is 11.8 Å². The topological polar surface area (TPSA) is 146 Å². The van der Waals surface area contributed by atoms with E-state index in [0.29, 0.717) is 5.75 Å². The first-order chi connectivity index (χ1) is 15.1. The Bertz CT molecular complexity index is 743. The van der Waals surface area contributed by atoms with Gasteiger partial charge in [0.1, 0.15) is 0 Å². The molecule has 32 heavy (non-hydrogen) atoms. The number of rotatable bonds is 10. The highest BCUT2D eigenvalue weighted by atomic mass is 32.2. The molecule has 2 rings (SSSR count). The van der Waals surface area contributed by atoms with Gasteiger partial charge in [-0.05, 0) is 0 Å². The van der Waals surface area contributed by atoms with Crippen LogP contribution in [0.2, 0.25) is 0 Å². The number of amides is 2. The minimum absolute atomic E-state index is 0.0333. The number of ether oxygens (including phenoxy) is 4. The summed E-state index contributed by atoms with van der Waals surface area (Å²) in [5, 5.41) is 5.19. The average molecular weight is 475 g/mol. The van der Waals surface area contributed by atoms with Crippen LogP contribution in [-0.2, 0) is 42.9 Å². The quantitative estimate of drug-likeness (QED) is 0.334. The van der Waals surface area contributed by atoms with Gasteiger partial charge in [0.15, 0.2) is 11.2 Å². The van der Waals surface area contributed by atoms with E-state index < -0.39 is 35.3 Å². The lowest BCUT2D eigenvalue weighted by atomic mass is 9.85. The normalized spacial score (nSPS) is 24.0. The van der Waals surface area contributed by atoms with Crippen molar-refractivity contribution in [1.29, 1.82) is 0 Å². The molecule has 0 bridgehead atoms. The van der Waals surface area contributed by atoms with E-state index in [4.69, 9.17) is 14.2 Å². The van der Waals surface area contributed by atoms with Gasteiger partial charge in [-0.15, -0.1) is 0 Å². The Morgan fingerprint density at radius 1 is 1.12 bits per heavy atom. The van der Waals surface area contributed by atoms with Crippen LogP contribution in [0.1, 0.15) is 46.0 Å². The number of carbonyl (C=O) groups excluding carboxylic acids is 5. The first-order valence-corrected chi connectivity index (χ1v) is 11.4. The highest BCUT2D eigenvalue weighted by Gasteiger charge is 2.54. The fraction of sp³-hybridized carbons (Fsp3) is 0.750. The summed E-state index contributed by atoms with van der Waals surface area (Å²) in [5.74, 6) is -2.71. The van der Waals surface area contributed by atoms with Gasteiger partial charge in [-0.2, -0.15) is 0 Å². The summed E-state index contributed by atoms with van der Waals surface area (Å²) in [5.41, 5.74) is -0.649. The zero-order valence-corrected chi connectivity index (χ0v) is 19.3. The number of hydrogen-bond donors (Lipinski definition) is 2. The van der Waals surface area contributed by atoms with Crippen LogP contribution in [0.25, 0.3) is 0 Å². The molecule has 2 aliphatic heterocycles. The third kappa shape index (κ3) is 7.75. The van der Waals surface area contributed by atoms with Crippen LogP contribution in [0, 0.1) is 5.41 Å². The zero-order valence-electron chi connectivity index (χ0n) is 18.5. The van der Waals surface area contributed by atoms with Gasteiger partial charge < -0.3 is 29.6 Å². The van der Waals surface area contributed by atoms with Crippen molar-refractivity contribution < 1.29 is 42.9 Å². The highest BCUT2D eigenvalue weighted by Crippen LogP contribution is 2.41. The van der Waals surface area contributed by atoms with Crippen LogP contribution in [0.15, 0.2) is 0 Å². The summed E-state index contributed by atoms with van der Waals surface area (Å²) < 4.78 is 20.9. The summed E-state index contributed by atoms with van der Waals surface area (Å²) in [4.78, 5) is 58.6. The summed E-state index contributed by atoms with van der Waals surface area (Å²) in [7, 11) is 1.26. The molecule has 0 saturated carbocycles. The molecule has 2 fully saturated rings. The molecular formula is C20H30N2O9S. The standard InChI is InChI=1S/C20H30N2O9S/c1-19(2)12-29-20(8-6-15(25)30-20)31-17(19)18(27)22-9-7-13(23)21-10-11-32-16(26)5-4-14(24)28-3/h17H,4-12H2,1-3H3,(H,21,23)(H,22,27)/t17-,20?/m0/s1. The molecule has 2 aliphatic rings. The fourth-order valence-corrected chi connectivity index (χ4v) is 3.76. The predicted octanol–water partition coefficient (Wildman–Crippen LogP) is 0.254. The Morgan fingerprint density at radius 3 is 2.53 bits per heavy atom. The van der Waals surface area contributed by atoms with Gasteiger partial charge in [0.2, 0.25) is 11.8 Å². The van der Waals surface area contributed by atoms with Crippen molar-refractivity contribution in [2.45, 2.75) is 58.0 Å². The number of esters is 2. The molecule has 2 saturated heterocycles. The van der Waals surface area contributed by atoms with E-state index >= 15 is 0 Å². The van der Waals surface area contributed by atoms with Crippen LogP contribution in [-0.4, -0.2) is 73.5 Å². The third-order valence-corrected chi connectivity index (χ3v) is 5.85. The lowest BCUT2D eigenvalue weighted by molar-refractivity contribution is -0.404. The van der Waals surface area contributed by atoms with Crippen LogP contribution in [0.4, 0.5) is 0 Å². The van der Waals surface area contributed by atoms with Crippen LogP contribution in [0.5, 0.6) is 0 Å². The van der Waals surface area contributed by atoms with Crippen molar-refractivity contribution in [2.75, 3.05) is 32.6 Å². The van der Waals surface area contributed by atoms with E-state index in [1.165, 1.54) is 7.11 Å². The Kier molecular flexibility index (Phi) is 9.47. The first-order valence-electron chi connectivity index (χ1n) is 10.4. The second-order valence-electron chi connectivity index (χ2n) is 8.12. The molecule has 180 valence electrons. The van der Waals surface area contributed by atoms with E-state index in [9.17, 15) is 24.0 Å². The Hall–Kier alpha value is -2.18. The number of methoxy groups -OCH3 is 1. The molecule has 2 heterocycles. The molecule has 2 N–H and O–H groups in total. The predicted molar refractivity (Wildman–Crippen MR) is 112 cm³/mol. The number of hydrogen-bond acceptors (Lipinski definition) is 10. The third-order valence-electron chi connectivity index (χ3n) is 4.91. The summed E-state index contributed by atoms with van der Waals surface area (Å²) in [6.07, 6.45) is -0.357. The minimum Gasteiger partial charge on any atom is -0.469 e. The lowest BCUT2D eigenvalue weighted by Crippen LogP contribution is -2.58. The monoisotopic (exact) mass is 474 g/mol. The van der Waals surface area contributed by atoms with Gasteiger partial charge in [-0.1, -0.05) is 25.6 Å². The van der Waals surface area contributed by atoms with E-state index in [2.05, 4.69) is 15.4 Å². The zero-order chi connectivity index (χ0) is 23.8.